The van der Waals surface area contributed by atoms with Gasteiger partial charge in [0.25, 0.3) is 0 Å². The van der Waals surface area contributed by atoms with Crippen LogP contribution in [0.15, 0.2) is 6.07 Å². The van der Waals surface area contributed by atoms with Gasteiger partial charge in [0.05, 0.1) is 0 Å². The van der Waals surface area contributed by atoms with Crippen LogP contribution in [0.1, 0.15) is 25.1 Å². The molecule has 1 aliphatic rings. The summed E-state index contributed by atoms with van der Waals surface area (Å²) in [4.78, 5) is 8.26. The maximum absolute atomic E-state index is 8.95. The number of rotatable bonds is 5. The minimum atomic E-state index is 0.255. The van der Waals surface area contributed by atoms with Gasteiger partial charge in [-0.3, -0.25) is 0 Å². The van der Waals surface area contributed by atoms with E-state index < -0.39 is 0 Å². The zero-order chi connectivity index (χ0) is 11.6. The van der Waals surface area contributed by atoms with Crippen LogP contribution in [0.4, 0.5) is 5.82 Å². The largest absolute Gasteiger partial charge is 0.396 e. The lowest BCUT2D eigenvalue weighted by molar-refractivity contribution is 0.253. The Hall–Kier alpha value is -0.870. The van der Waals surface area contributed by atoms with Crippen molar-refractivity contribution in [3.63, 3.8) is 0 Å². The molecule has 1 saturated carbocycles. The molecule has 1 fully saturated rings. The van der Waals surface area contributed by atoms with Gasteiger partial charge in [0.1, 0.15) is 16.8 Å². The summed E-state index contributed by atoms with van der Waals surface area (Å²) in [5.41, 5.74) is 0.278. The molecule has 2 rings (SSSR count). The number of aliphatic hydroxyl groups excluding tert-OH is 1. The molecule has 1 aliphatic carbocycles. The van der Waals surface area contributed by atoms with E-state index in [-0.39, 0.29) is 12.0 Å². The summed E-state index contributed by atoms with van der Waals surface area (Å²) >= 11 is 5.85. The number of hydrogen-bond acceptors (Lipinski definition) is 4. The van der Waals surface area contributed by atoms with Gasteiger partial charge in [-0.25, -0.2) is 9.97 Å². The summed E-state index contributed by atoms with van der Waals surface area (Å²) in [6.07, 6.45) is 3.22. The molecule has 1 heterocycles. The Kier molecular flexibility index (Phi) is 3.30. The summed E-state index contributed by atoms with van der Waals surface area (Å²) < 4.78 is 0. The molecule has 0 aliphatic heterocycles. The van der Waals surface area contributed by atoms with Crippen molar-refractivity contribution in [1.29, 1.82) is 0 Å². The van der Waals surface area contributed by atoms with Gasteiger partial charge in [0.15, 0.2) is 0 Å². The lowest BCUT2D eigenvalue weighted by atomic mass is 10.0. The maximum Gasteiger partial charge on any atom is 0.134 e. The highest BCUT2D eigenvalue weighted by atomic mass is 35.5. The van der Waals surface area contributed by atoms with Crippen LogP contribution in [0.2, 0.25) is 5.15 Å². The molecule has 88 valence electrons. The quantitative estimate of drug-likeness (QED) is 0.775. The van der Waals surface area contributed by atoms with Crippen molar-refractivity contribution in [3.8, 4) is 0 Å². The van der Waals surface area contributed by atoms with Gasteiger partial charge in [-0.2, -0.15) is 0 Å². The maximum atomic E-state index is 8.95. The van der Waals surface area contributed by atoms with Crippen LogP contribution in [-0.4, -0.2) is 28.2 Å². The smallest absolute Gasteiger partial charge is 0.134 e. The second-order valence-corrected chi connectivity index (χ2v) is 4.84. The molecule has 4 nitrogen and oxygen atoms in total. The van der Waals surface area contributed by atoms with E-state index >= 15 is 0 Å². The molecule has 0 atom stereocenters. The lowest BCUT2D eigenvalue weighted by Crippen LogP contribution is -2.17. The standard InChI is InChI=1S/C11H16ClN3O/c1-8-14-9(12)6-10(15-8)13-7-11(2-3-11)4-5-16/h6,16H,2-5,7H2,1H3,(H,13,14,15). The molecule has 2 N–H and O–H groups in total. The van der Waals surface area contributed by atoms with Gasteiger partial charge in [-0.15, -0.1) is 0 Å². The predicted molar refractivity (Wildman–Crippen MR) is 63.6 cm³/mol. The normalized spacial score (nSPS) is 17.2. The molecule has 0 spiro atoms. The molecule has 1 aromatic heterocycles. The van der Waals surface area contributed by atoms with E-state index in [1.165, 1.54) is 12.8 Å². The first kappa shape index (κ1) is 11.6. The molecule has 0 aromatic carbocycles. The molecule has 0 unspecified atom stereocenters. The molecule has 16 heavy (non-hydrogen) atoms. The fourth-order valence-electron chi connectivity index (χ4n) is 1.83. The molecule has 0 bridgehead atoms. The van der Waals surface area contributed by atoms with Crippen LogP contribution < -0.4 is 5.32 Å². The van der Waals surface area contributed by atoms with Gasteiger partial charge < -0.3 is 10.4 Å². The van der Waals surface area contributed by atoms with E-state index in [4.69, 9.17) is 16.7 Å². The Balaban J connectivity index is 1.94. The molecule has 5 heteroatoms. The van der Waals surface area contributed by atoms with Gasteiger partial charge in [-0.1, -0.05) is 11.6 Å². The molecule has 1 aromatic rings. The summed E-state index contributed by atoms with van der Waals surface area (Å²) in [7, 11) is 0. The third-order valence-corrected chi connectivity index (χ3v) is 3.24. The molecular formula is C11H16ClN3O. The molecule has 0 saturated heterocycles. The molecule has 0 radical (unpaired) electrons. The number of anilines is 1. The molecular weight excluding hydrogens is 226 g/mol. The Morgan fingerprint density at radius 1 is 1.50 bits per heavy atom. The molecule has 0 amide bonds. The van der Waals surface area contributed by atoms with E-state index in [2.05, 4.69) is 15.3 Å². The van der Waals surface area contributed by atoms with Crippen LogP contribution >= 0.6 is 11.6 Å². The minimum Gasteiger partial charge on any atom is -0.396 e. The lowest BCUT2D eigenvalue weighted by Gasteiger charge is -2.15. The second kappa shape index (κ2) is 4.55. The number of aryl methyl sites for hydroxylation is 1. The van der Waals surface area contributed by atoms with E-state index in [9.17, 15) is 0 Å². The number of aromatic nitrogens is 2. The Labute approximate surface area is 100 Å². The van der Waals surface area contributed by atoms with Crippen LogP contribution in [0.25, 0.3) is 0 Å². The first-order chi connectivity index (χ1) is 7.63. The van der Waals surface area contributed by atoms with Crippen LogP contribution in [0.5, 0.6) is 0 Å². The van der Waals surface area contributed by atoms with E-state index in [1.54, 1.807) is 6.07 Å². The monoisotopic (exact) mass is 241 g/mol. The van der Waals surface area contributed by atoms with Crippen molar-refractivity contribution in [1.82, 2.24) is 9.97 Å². The fraction of sp³-hybridized carbons (Fsp3) is 0.636. The Morgan fingerprint density at radius 3 is 2.81 bits per heavy atom. The summed E-state index contributed by atoms with van der Waals surface area (Å²) in [6, 6.07) is 1.73. The zero-order valence-corrected chi connectivity index (χ0v) is 10.1. The highest BCUT2D eigenvalue weighted by Gasteiger charge is 2.41. The highest BCUT2D eigenvalue weighted by molar-refractivity contribution is 6.29. The summed E-state index contributed by atoms with van der Waals surface area (Å²) in [5.74, 6) is 1.43. The third-order valence-electron chi connectivity index (χ3n) is 3.05. The fourth-order valence-corrected chi connectivity index (χ4v) is 2.05. The number of halogens is 1. The van der Waals surface area contributed by atoms with Crippen LogP contribution in [0.3, 0.4) is 0 Å². The highest BCUT2D eigenvalue weighted by Crippen LogP contribution is 2.48. The number of hydrogen-bond donors (Lipinski definition) is 2. The Morgan fingerprint density at radius 2 is 2.25 bits per heavy atom. The Bertz CT molecular complexity index is 359. The average Bonchev–Trinajstić information content (AvgIpc) is 2.95. The second-order valence-electron chi connectivity index (χ2n) is 4.45. The van der Waals surface area contributed by atoms with E-state index in [0.29, 0.717) is 11.0 Å². The van der Waals surface area contributed by atoms with Crippen molar-refractivity contribution in [3.05, 3.63) is 17.0 Å². The van der Waals surface area contributed by atoms with E-state index in [0.717, 1.165) is 18.8 Å². The van der Waals surface area contributed by atoms with Crippen molar-refractivity contribution < 1.29 is 5.11 Å². The number of nitrogens with zero attached hydrogens (tertiary/aromatic N) is 2. The zero-order valence-electron chi connectivity index (χ0n) is 9.33. The first-order valence-corrected chi connectivity index (χ1v) is 5.87. The number of aliphatic hydroxyl groups is 1. The van der Waals surface area contributed by atoms with Gasteiger partial charge in [0.2, 0.25) is 0 Å². The number of nitrogens with one attached hydrogen (secondary N) is 1. The van der Waals surface area contributed by atoms with Gasteiger partial charge >= 0.3 is 0 Å². The van der Waals surface area contributed by atoms with Gasteiger partial charge in [-0.05, 0) is 31.6 Å². The minimum absolute atomic E-state index is 0.255. The predicted octanol–water partition coefficient (Wildman–Crippen LogP) is 2.01. The van der Waals surface area contributed by atoms with Crippen molar-refractivity contribution in [2.75, 3.05) is 18.5 Å². The van der Waals surface area contributed by atoms with Crippen LogP contribution in [0, 0.1) is 12.3 Å². The van der Waals surface area contributed by atoms with Crippen molar-refractivity contribution in [2.24, 2.45) is 5.41 Å². The van der Waals surface area contributed by atoms with E-state index in [1.807, 2.05) is 6.92 Å². The van der Waals surface area contributed by atoms with Crippen LogP contribution in [-0.2, 0) is 0 Å². The van der Waals surface area contributed by atoms with Crippen molar-refractivity contribution >= 4 is 17.4 Å². The van der Waals surface area contributed by atoms with Crippen molar-refractivity contribution in [2.45, 2.75) is 26.2 Å². The topological polar surface area (TPSA) is 58.0 Å². The summed E-state index contributed by atoms with van der Waals surface area (Å²) in [6.45, 7) is 2.92. The third kappa shape index (κ3) is 2.83. The summed E-state index contributed by atoms with van der Waals surface area (Å²) in [5, 5.41) is 12.7. The average molecular weight is 242 g/mol. The first-order valence-electron chi connectivity index (χ1n) is 5.49. The van der Waals surface area contributed by atoms with Gasteiger partial charge in [0, 0.05) is 19.2 Å². The SMILES string of the molecule is Cc1nc(Cl)cc(NCC2(CCO)CC2)n1.